The molecule has 0 radical (unpaired) electrons. The number of piperazine rings is 1. The van der Waals surface area contributed by atoms with Crippen LogP contribution < -0.4 is 4.90 Å². The molecule has 1 saturated heterocycles. The van der Waals surface area contributed by atoms with Crippen LogP contribution in [-0.2, 0) is 13.0 Å². The molecule has 172 valence electrons. The Bertz CT molecular complexity index is 1200. The van der Waals surface area contributed by atoms with Crippen LogP contribution in [0, 0.1) is 0 Å². The van der Waals surface area contributed by atoms with Gasteiger partial charge in [0.05, 0.1) is 5.02 Å². The van der Waals surface area contributed by atoms with Gasteiger partial charge in [-0.25, -0.2) is 0 Å². The van der Waals surface area contributed by atoms with Gasteiger partial charge in [-0.2, -0.15) is 5.10 Å². The van der Waals surface area contributed by atoms with E-state index >= 15 is 0 Å². The Labute approximate surface area is 197 Å². The Kier molecular flexibility index (Phi) is 5.64. The molecule has 0 saturated carbocycles. The number of phenolic OH excluding ortho intramolecular Hbond substituents is 2. The van der Waals surface area contributed by atoms with Crippen LogP contribution in [0.15, 0.2) is 36.4 Å². The molecule has 9 heteroatoms. The van der Waals surface area contributed by atoms with Gasteiger partial charge in [0.2, 0.25) is 0 Å². The third-order valence-electron chi connectivity index (χ3n) is 6.50. The number of phenols is 2. The van der Waals surface area contributed by atoms with Crippen molar-refractivity contribution in [3.63, 3.8) is 0 Å². The fraction of sp³-hybridized carbons (Fsp3) is 0.333. The number of benzene rings is 2. The molecular formula is C24H26ClN5O3. The number of H-pyrrole nitrogens is 1. The Morgan fingerprint density at radius 3 is 2.64 bits per heavy atom. The zero-order chi connectivity index (χ0) is 23.1. The molecule has 3 heterocycles. The minimum Gasteiger partial charge on any atom is -0.507 e. The van der Waals surface area contributed by atoms with E-state index in [0.717, 1.165) is 43.1 Å². The topological polar surface area (TPSA) is 95.9 Å². The average Bonchev–Trinajstić information content (AvgIpc) is 3.24. The number of carbonyl (C=O) groups is 1. The van der Waals surface area contributed by atoms with Crippen LogP contribution in [0.3, 0.4) is 0 Å². The van der Waals surface area contributed by atoms with Crippen molar-refractivity contribution in [1.82, 2.24) is 20.0 Å². The number of aromatic amines is 1. The molecule has 5 rings (SSSR count). The standard InChI is InChI=1S/C24H26ClN5O3/c1-28-7-9-29(10-8-28)16-4-2-3-15(11-16)24(33)30-6-5-20-18(14-30)23(27-26-20)17-12-19(25)22(32)13-21(17)31/h2-4,11-13,31-32H,5-10,14H2,1H3,(H,26,27). The number of nitrogens with zero attached hydrogens (tertiary/aromatic N) is 4. The summed E-state index contributed by atoms with van der Waals surface area (Å²) in [5.74, 6) is -0.342. The van der Waals surface area contributed by atoms with Gasteiger partial charge in [0.15, 0.2) is 0 Å². The van der Waals surface area contributed by atoms with E-state index in [1.165, 1.54) is 12.1 Å². The van der Waals surface area contributed by atoms with Gasteiger partial charge < -0.3 is 24.9 Å². The highest BCUT2D eigenvalue weighted by Crippen LogP contribution is 2.39. The maximum absolute atomic E-state index is 13.4. The van der Waals surface area contributed by atoms with Gasteiger partial charge >= 0.3 is 0 Å². The van der Waals surface area contributed by atoms with E-state index in [1.807, 2.05) is 23.1 Å². The van der Waals surface area contributed by atoms with Crippen LogP contribution in [0.1, 0.15) is 21.6 Å². The third-order valence-corrected chi connectivity index (χ3v) is 6.81. The van der Waals surface area contributed by atoms with Crippen molar-refractivity contribution in [2.75, 3.05) is 44.7 Å². The third kappa shape index (κ3) is 4.12. The fourth-order valence-corrected chi connectivity index (χ4v) is 4.68. The Hall–Kier alpha value is -3.23. The zero-order valence-corrected chi connectivity index (χ0v) is 19.1. The molecule has 1 amide bonds. The van der Waals surface area contributed by atoms with Crippen LogP contribution in [0.4, 0.5) is 5.69 Å². The van der Waals surface area contributed by atoms with Crippen LogP contribution in [0.25, 0.3) is 11.3 Å². The van der Waals surface area contributed by atoms with Crippen molar-refractivity contribution in [1.29, 1.82) is 0 Å². The Morgan fingerprint density at radius 2 is 1.85 bits per heavy atom. The number of amides is 1. The Morgan fingerprint density at radius 1 is 1.06 bits per heavy atom. The first-order valence-corrected chi connectivity index (χ1v) is 11.4. The molecule has 0 aliphatic carbocycles. The van der Waals surface area contributed by atoms with Crippen molar-refractivity contribution in [3.8, 4) is 22.8 Å². The zero-order valence-electron chi connectivity index (χ0n) is 18.4. The van der Waals surface area contributed by atoms with Crippen LogP contribution in [0.5, 0.6) is 11.5 Å². The molecule has 1 aromatic heterocycles. The molecule has 3 aromatic rings. The van der Waals surface area contributed by atoms with E-state index in [0.29, 0.717) is 36.3 Å². The van der Waals surface area contributed by atoms with Gasteiger partial charge in [0.1, 0.15) is 17.2 Å². The van der Waals surface area contributed by atoms with E-state index in [4.69, 9.17) is 11.6 Å². The molecule has 1 fully saturated rings. The molecule has 0 atom stereocenters. The summed E-state index contributed by atoms with van der Waals surface area (Å²) in [6.45, 7) is 4.84. The van der Waals surface area contributed by atoms with E-state index in [-0.39, 0.29) is 22.4 Å². The van der Waals surface area contributed by atoms with Gasteiger partial charge in [-0.15, -0.1) is 0 Å². The highest BCUT2D eigenvalue weighted by Gasteiger charge is 2.28. The molecule has 0 spiro atoms. The van der Waals surface area contributed by atoms with E-state index in [2.05, 4.69) is 33.1 Å². The highest BCUT2D eigenvalue weighted by molar-refractivity contribution is 6.32. The molecule has 2 aliphatic rings. The summed E-state index contributed by atoms with van der Waals surface area (Å²) in [7, 11) is 2.12. The lowest BCUT2D eigenvalue weighted by molar-refractivity contribution is 0.0734. The van der Waals surface area contributed by atoms with Crippen LogP contribution in [0.2, 0.25) is 5.02 Å². The van der Waals surface area contributed by atoms with Gasteiger partial charge in [-0.3, -0.25) is 9.89 Å². The molecule has 2 aromatic carbocycles. The average molecular weight is 468 g/mol. The lowest BCUT2D eigenvalue weighted by Gasteiger charge is -2.34. The van der Waals surface area contributed by atoms with E-state index in [9.17, 15) is 15.0 Å². The van der Waals surface area contributed by atoms with Crippen LogP contribution >= 0.6 is 11.6 Å². The first-order chi connectivity index (χ1) is 15.9. The van der Waals surface area contributed by atoms with Crippen molar-refractivity contribution < 1.29 is 15.0 Å². The summed E-state index contributed by atoms with van der Waals surface area (Å²) < 4.78 is 0. The summed E-state index contributed by atoms with van der Waals surface area (Å²) in [5, 5.41) is 27.6. The maximum atomic E-state index is 13.4. The predicted octanol–water partition coefficient (Wildman–Crippen LogP) is 3.09. The number of hydrogen-bond acceptors (Lipinski definition) is 6. The number of halogens is 1. The van der Waals surface area contributed by atoms with Crippen molar-refractivity contribution in [2.45, 2.75) is 13.0 Å². The van der Waals surface area contributed by atoms with Gasteiger partial charge in [-0.05, 0) is 31.3 Å². The van der Waals surface area contributed by atoms with Crippen molar-refractivity contribution in [2.24, 2.45) is 0 Å². The predicted molar refractivity (Wildman–Crippen MR) is 127 cm³/mol. The number of rotatable bonds is 3. The highest BCUT2D eigenvalue weighted by atomic mass is 35.5. The molecular weight excluding hydrogens is 442 g/mol. The van der Waals surface area contributed by atoms with E-state index in [1.54, 1.807) is 0 Å². The molecule has 8 nitrogen and oxygen atoms in total. The minimum absolute atomic E-state index is 0.0308. The first kappa shape index (κ1) is 21.6. The summed E-state index contributed by atoms with van der Waals surface area (Å²) in [5.41, 5.74) is 4.47. The van der Waals surface area contributed by atoms with Gasteiger partial charge in [0, 0.05) is 79.8 Å². The number of anilines is 1. The number of likely N-dealkylation sites (N-methyl/N-ethyl adjacent to an activating group) is 1. The lowest BCUT2D eigenvalue weighted by Crippen LogP contribution is -2.44. The van der Waals surface area contributed by atoms with Crippen molar-refractivity contribution in [3.05, 3.63) is 58.2 Å². The number of nitrogens with one attached hydrogen (secondary N) is 1. The second-order valence-electron chi connectivity index (χ2n) is 8.67. The number of fused-ring (bicyclic) bond motifs is 1. The minimum atomic E-state index is -0.195. The maximum Gasteiger partial charge on any atom is 0.254 e. The van der Waals surface area contributed by atoms with Crippen molar-refractivity contribution >= 4 is 23.2 Å². The summed E-state index contributed by atoms with van der Waals surface area (Å²) in [6, 6.07) is 10.5. The van der Waals surface area contributed by atoms with Crippen LogP contribution in [-0.4, -0.2) is 75.9 Å². The number of aromatic nitrogens is 2. The number of hydrogen-bond donors (Lipinski definition) is 3. The second-order valence-corrected chi connectivity index (χ2v) is 9.07. The quantitative estimate of drug-likeness (QED) is 0.548. The summed E-state index contributed by atoms with van der Waals surface area (Å²) >= 11 is 6.06. The Balaban J connectivity index is 1.39. The molecule has 3 N–H and O–H groups in total. The largest absolute Gasteiger partial charge is 0.507 e. The first-order valence-electron chi connectivity index (χ1n) is 11.0. The fourth-order valence-electron chi connectivity index (χ4n) is 4.51. The molecule has 0 bridgehead atoms. The summed E-state index contributed by atoms with van der Waals surface area (Å²) in [6.07, 6.45) is 0.638. The van der Waals surface area contributed by atoms with E-state index < -0.39 is 0 Å². The molecule has 33 heavy (non-hydrogen) atoms. The summed E-state index contributed by atoms with van der Waals surface area (Å²) in [4.78, 5) is 19.8. The SMILES string of the molecule is CN1CCN(c2cccc(C(=O)N3CCc4[nH]nc(-c5cc(Cl)c(O)cc5O)c4C3)c2)CC1. The normalized spacial score (nSPS) is 16.7. The monoisotopic (exact) mass is 467 g/mol. The number of carbonyl (C=O) groups excluding carboxylic acids is 1. The van der Waals surface area contributed by atoms with Gasteiger partial charge in [-0.1, -0.05) is 17.7 Å². The lowest BCUT2D eigenvalue weighted by atomic mass is 9.99. The second kappa shape index (κ2) is 8.61. The smallest absolute Gasteiger partial charge is 0.254 e. The van der Waals surface area contributed by atoms with Gasteiger partial charge in [0.25, 0.3) is 5.91 Å². The number of aromatic hydroxyl groups is 2. The molecule has 2 aliphatic heterocycles. The molecule has 0 unspecified atom stereocenters.